The quantitative estimate of drug-likeness (QED) is 0.413. The first kappa shape index (κ1) is 21.6. The molecule has 0 fully saturated rings. The van der Waals surface area contributed by atoms with Gasteiger partial charge in [-0.3, -0.25) is 9.59 Å². The number of carbonyl (C=O) groups is 1. The van der Waals surface area contributed by atoms with Crippen LogP contribution in [0.5, 0.6) is 0 Å². The molecule has 3 aromatic carbocycles. The monoisotopic (exact) mass is 454 g/mol. The summed E-state index contributed by atoms with van der Waals surface area (Å²) in [5.74, 6) is -0.611. The molecule has 1 amide bonds. The SMILES string of the molecule is C[C@H](NC(=O)Cn1ncc2c3ccccc3n(Cc3ccc(F)cc3)c2c1=O)c1ccccc1. The molecule has 0 bridgehead atoms. The number of para-hydroxylation sites is 1. The fourth-order valence-corrected chi connectivity index (χ4v) is 4.29. The number of rotatable bonds is 6. The number of nitrogens with zero attached hydrogens (tertiary/aromatic N) is 3. The molecule has 2 aromatic heterocycles. The Morgan fingerprint density at radius 1 is 0.971 bits per heavy atom. The highest BCUT2D eigenvalue weighted by Crippen LogP contribution is 2.27. The fourth-order valence-electron chi connectivity index (χ4n) is 4.29. The van der Waals surface area contributed by atoms with Crippen LogP contribution in [0.25, 0.3) is 21.8 Å². The molecule has 0 aliphatic heterocycles. The van der Waals surface area contributed by atoms with E-state index in [2.05, 4.69) is 10.4 Å². The Morgan fingerprint density at radius 2 is 1.68 bits per heavy atom. The second kappa shape index (κ2) is 8.94. The van der Waals surface area contributed by atoms with Crippen molar-refractivity contribution in [2.24, 2.45) is 0 Å². The smallest absolute Gasteiger partial charge is 0.291 e. The number of fused-ring (bicyclic) bond motifs is 3. The van der Waals surface area contributed by atoms with Crippen molar-refractivity contribution in [1.82, 2.24) is 19.7 Å². The van der Waals surface area contributed by atoms with Crippen LogP contribution in [0.4, 0.5) is 4.39 Å². The molecule has 0 unspecified atom stereocenters. The number of nitrogens with one attached hydrogen (secondary N) is 1. The number of halogens is 1. The van der Waals surface area contributed by atoms with Gasteiger partial charge in [-0.2, -0.15) is 5.10 Å². The van der Waals surface area contributed by atoms with Crippen LogP contribution in [0.15, 0.2) is 89.9 Å². The average molecular weight is 455 g/mol. The standard InChI is InChI=1S/C27H23FN4O2/c1-18(20-7-3-2-4-8-20)30-25(33)17-32-27(34)26-23(15-29-32)22-9-5-6-10-24(22)31(26)16-19-11-13-21(28)14-12-19/h2-15,18H,16-17H2,1H3,(H,30,33)/t18-/m0/s1. The zero-order chi connectivity index (χ0) is 23.7. The van der Waals surface area contributed by atoms with Gasteiger partial charge in [0.25, 0.3) is 5.56 Å². The van der Waals surface area contributed by atoms with E-state index in [1.54, 1.807) is 18.3 Å². The highest BCUT2D eigenvalue weighted by atomic mass is 19.1. The first-order chi connectivity index (χ1) is 16.5. The minimum absolute atomic E-state index is 0.190. The minimum atomic E-state index is -0.349. The Kier molecular flexibility index (Phi) is 5.67. The Morgan fingerprint density at radius 3 is 2.44 bits per heavy atom. The van der Waals surface area contributed by atoms with Crippen LogP contribution in [-0.4, -0.2) is 20.3 Å². The largest absolute Gasteiger partial charge is 0.348 e. The van der Waals surface area contributed by atoms with E-state index in [0.29, 0.717) is 12.1 Å². The Hall–Kier alpha value is -4.26. The highest BCUT2D eigenvalue weighted by Gasteiger charge is 2.18. The van der Waals surface area contributed by atoms with Gasteiger partial charge in [-0.25, -0.2) is 9.07 Å². The summed E-state index contributed by atoms with van der Waals surface area (Å²) in [6, 6.07) is 23.3. The van der Waals surface area contributed by atoms with Crippen molar-refractivity contribution in [1.29, 1.82) is 0 Å². The second-order valence-electron chi connectivity index (χ2n) is 8.30. The highest BCUT2D eigenvalue weighted by molar-refractivity contribution is 6.07. The third-order valence-electron chi connectivity index (χ3n) is 6.00. The topological polar surface area (TPSA) is 68.9 Å². The van der Waals surface area contributed by atoms with Gasteiger partial charge in [0.2, 0.25) is 5.91 Å². The van der Waals surface area contributed by atoms with E-state index in [0.717, 1.165) is 27.4 Å². The summed E-state index contributed by atoms with van der Waals surface area (Å²) >= 11 is 0. The maximum absolute atomic E-state index is 13.5. The van der Waals surface area contributed by atoms with E-state index in [4.69, 9.17) is 0 Å². The lowest BCUT2D eigenvalue weighted by Crippen LogP contribution is -2.35. The number of benzene rings is 3. The summed E-state index contributed by atoms with van der Waals surface area (Å²) in [6.45, 7) is 2.10. The van der Waals surface area contributed by atoms with Crippen molar-refractivity contribution in [2.75, 3.05) is 0 Å². The lowest BCUT2D eigenvalue weighted by molar-refractivity contribution is -0.122. The van der Waals surface area contributed by atoms with Crippen LogP contribution in [0.1, 0.15) is 24.1 Å². The molecule has 6 nitrogen and oxygen atoms in total. The first-order valence-corrected chi connectivity index (χ1v) is 11.1. The minimum Gasteiger partial charge on any atom is -0.348 e. The predicted octanol–water partition coefficient (Wildman–Crippen LogP) is 4.42. The number of aromatic nitrogens is 3. The van der Waals surface area contributed by atoms with Crippen molar-refractivity contribution >= 4 is 27.7 Å². The van der Waals surface area contributed by atoms with Crippen molar-refractivity contribution < 1.29 is 9.18 Å². The van der Waals surface area contributed by atoms with E-state index in [9.17, 15) is 14.0 Å². The van der Waals surface area contributed by atoms with Gasteiger partial charge < -0.3 is 9.88 Å². The molecule has 1 atom stereocenters. The van der Waals surface area contributed by atoms with E-state index < -0.39 is 0 Å². The molecule has 5 rings (SSSR count). The Bertz CT molecular complexity index is 1540. The summed E-state index contributed by atoms with van der Waals surface area (Å²) in [5, 5.41) is 8.84. The van der Waals surface area contributed by atoms with Crippen LogP contribution in [0.3, 0.4) is 0 Å². The molecule has 34 heavy (non-hydrogen) atoms. The van der Waals surface area contributed by atoms with E-state index in [1.807, 2.05) is 66.1 Å². The molecule has 0 aliphatic rings. The molecule has 1 N–H and O–H groups in total. The lowest BCUT2D eigenvalue weighted by Gasteiger charge is -2.14. The summed E-state index contributed by atoms with van der Waals surface area (Å²) in [6.07, 6.45) is 1.63. The molecule has 5 aromatic rings. The third kappa shape index (κ3) is 4.08. The molecule has 0 saturated heterocycles. The normalized spacial score (nSPS) is 12.2. The van der Waals surface area contributed by atoms with Crippen LogP contribution in [0, 0.1) is 5.82 Å². The summed E-state index contributed by atoms with van der Waals surface area (Å²) in [4.78, 5) is 26.2. The van der Waals surface area contributed by atoms with Crippen molar-refractivity contribution in [3.63, 3.8) is 0 Å². The molecule has 170 valence electrons. The molecular weight excluding hydrogens is 431 g/mol. The van der Waals surface area contributed by atoms with Gasteiger partial charge in [0.05, 0.1) is 12.2 Å². The molecule has 7 heteroatoms. The van der Waals surface area contributed by atoms with E-state index >= 15 is 0 Å². The van der Waals surface area contributed by atoms with Crippen molar-refractivity contribution in [3.8, 4) is 0 Å². The zero-order valence-corrected chi connectivity index (χ0v) is 18.6. The summed E-state index contributed by atoms with van der Waals surface area (Å²) in [5.41, 5.74) is 2.83. The predicted molar refractivity (Wildman–Crippen MR) is 130 cm³/mol. The van der Waals surface area contributed by atoms with Gasteiger partial charge in [-0.15, -0.1) is 0 Å². The summed E-state index contributed by atoms with van der Waals surface area (Å²) < 4.78 is 16.5. The fraction of sp³-hybridized carbons (Fsp3) is 0.148. The third-order valence-corrected chi connectivity index (χ3v) is 6.00. The van der Waals surface area contributed by atoms with Crippen LogP contribution in [0.2, 0.25) is 0 Å². The molecule has 2 heterocycles. The van der Waals surface area contributed by atoms with Gasteiger partial charge in [-0.1, -0.05) is 60.7 Å². The van der Waals surface area contributed by atoms with E-state index in [1.165, 1.54) is 16.8 Å². The van der Waals surface area contributed by atoms with Crippen LogP contribution >= 0.6 is 0 Å². The van der Waals surface area contributed by atoms with Crippen molar-refractivity contribution in [2.45, 2.75) is 26.1 Å². The molecule has 0 radical (unpaired) electrons. The molecule has 0 saturated carbocycles. The zero-order valence-electron chi connectivity index (χ0n) is 18.6. The number of hydrogen-bond donors (Lipinski definition) is 1. The Labute approximate surface area is 195 Å². The van der Waals surface area contributed by atoms with Crippen molar-refractivity contribution in [3.05, 3.63) is 112 Å². The van der Waals surface area contributed by atoms with Gasteiger partial charge in [0.1, 0.15) is 17.9 Å². The molecule has 0 spiro atoms. The number of carbonyl (C=O) groups excluding carboxylic acids is 1. The van der Waals surface area contributed by atoms with Gasteiger partial charge in [0, 0.05) is 22.8 Å². The van der Waals surface area contributed by atoms with Crippen LogP contribution < -0.4 is 10.9 Å². The second-order valence-corrected chi connectivity index (χ2v) is 8.30. The summed E-state index contributed by atoms with van der Waals surface area (Å²) in [7, 11) is 0. The maximum atomic E-state index is 13.5. The number of hydrogen-bond acceptors (Lipinski definition) is 3. The lowest BCUT2D eigenvalue weighted by atomic mass is 10.1. The van der Waals surface area contributed by atoms with Gasteiger partial charge in [0.15, 0.2) is 0 Å². The van der Waals surface area contributed by atoms with E-state index in [-0.39, 0.29) is 29.9 Å². The van der Waals surface area contributed by atoms with Gasteiger partial charge in [-0.05, 0) is 36.2 Å². The van der Waals surface area contributed by atoms with Gasteiger partial charge >= 0.3 is 0 Å². The maximum Gasteiger partial charge on any atom is 0.291 e. The molecule has 0 aliphatic carbocycles. The first-order valence-electron chi connectivity index (χ1n) is 11.1. The van der Waals surface area contributed by atoms with Crippen LogP contribution in [-0.2, 0) is 17.9 Å². The number of amides is 1. The molecular formula is C27H23FN4O2. The average Bonchev–Trinajstić information content (AvgIpc) is 3.17. The Balaban J connectivity index is 1.51.